The molecule has 0 N–H and O–H groups in total. The molecule has 0 radical (unpaired) electrons. The zero-order valence-corrected chi connectivity index (χ0v) is 12.3. The highest BCUT2D eigenvalue weighted by Gasteiger charge is 2.06. The van der Waals surface area contributed by atoms with E-state index >= 15 is 0 Å². The predicted molar refractivity (Wildman–Crippen MR) is 79.6 cm³/mol. The zero-order chi connectivity index (χ0) is 14.6. The number of carbonyl (C=O) groups excluding carboxylic acids is 1. The van der Waals surface area contributed by atoms with Gasteiger partial charge in [0.05, 0.1) is 6.26 Å². The molecule has 0 aliphatic heterocycles. The highest BCUT2D eigenvalue weighted by Crippen LogP contribution is 2.16. The Hall–Kier alpha value is -1.92. The topological polar surface area (TPSA) is 60.4 Å². The van der Waals surface area contributed by atoms with E-state index in [9.17, 15) is 13.2 Å². The van der Waals surface area contributed by atoms with Crippen molar-refractivity contribution in [2.24, 2.45) is 0 Å². The molecular weight excluding hydrogens is 296 g/mol. The lowest BCUT2D eigenvalue weighted by Gasteiger charge is -2.02. The first-order valence-corrected chi connectivity index (χ1v) is 8.39. The standard InChI is InChI=1S/C14H12O4S2/c1-20(16,17)18-12-6-4-11(5-7-12)14(15)9-8-13-3-2-10-19-13/h2-10H,1H3/b9-8-. The van der Waals surface area contributed by atoms with Gasteiger partial charge in [-0.1, -0.05) is 6.07 Å². The largest absolute Gasteiger partial charge is 0.383 e. The fourth-order valence-corrected chi connectivity index (χ4v) is 2.57. The molecule has 4 nitrogen and oxygen atoms in total. The van der Waals surface area contributed by atoms with Crippen molar-refractivity contribution in [1.82, 2.24) is 0 Å². The summed E-state index contributed by atoms with van der Waals surface area (Å²) in [6.45, 7) is 0. The van der Waals surface area contributed by atoms with Gasteiger partial charge in [-0.15, -0.1) is 11.3 Å². The molecular formula is C14H12O4S2. The van der Waals surface area contributed by atoms with Crippen molar-refractivity contribution in [2.75, 3.05) is 6.26 Å². The van der Waals surface area contributed by atoms with E-state index in [2.05, 4.69) is 0 Å². The number of carbonyl (C=O) groups is 1. The maximum absolute atomic E-state index is 11.9. The summed E-state index contributed by atoms with van der Waals surface area (Å²) in [7, 11) is -3.55. The number of thiophene rings is 1. The van der Waals surface area contributed by atoms with Crippen LogP contribution >= 0.6 is 11.3 Å². The molecule has 1 aromatic carbocycles. The fourth-order valence-electron chi connectivity index (χ4n) is 1.49. The van der Waals surface area contributed by atoms with Gasteiger partial charge in [-0.3, -0.25) is 4.79 Å². The second-order valence-corrected chi connectivity index (χ2v) is 6.58. The molecule has 2 rings (SSSR count). The molecule has 1 heterocycles. The van der Waals surface area contributed by atoms with E-state index in [0.717, 1.165) is 11.1 Å². The smallest absolute Gasteiger partial charge is 0.306 e. The molecule has 0 fully saturated rings. The van der Waals surface area contributed by atoms with Gasteiger partial charge in [0.15, 0.2) is 5.78 Å². The lowest BCUT2D eigenvalue weighted by Crippen LogP contribution is -2.05. The molecule has 0 atom stereocenters. The van der Waals surface area contributed by atoms with Gasteiger partial charge in [-0.2, -0.15) is 8.42 Å². The van der Waals surface area contributed by atoms with E-state index in [1.54, 1.807) is 17.4 Å². The minimum atomic E-state index is -3.55. The third-order valence-electron chi connectivity index (χ3n) is 2.33. The van der Waals surface area contributed by atoms with Gasteiger partial charge < -0.3 is 4.18 Å². The molecule has 2 aromatic rings. The van der Waals surface area contributed by atoms with E-state index in [4.69, 9.17) is 4.18 Å². The molecule has 0 aliphatic carbocycles. The van der Waals surface area contributed by atoms with Crippen LogP contribution in [0.15, 0.2) is 47.9 Å². The average Bonchev–Trinajstić information content (AvgIpc) is 2.88. The average molecular weight is 308 g/mol. The van der Waals surface area contributed by atoms with Gasteiger partial charge in [-0.25, -0.2) is 0 Å². The highest BCUT2D eigenvalue weighted by molar-refractivity contribution is 7.86. The Morgan fingerprint density at radius 2 is 1.90 bits per heavy atom. The number of hydrogen-bond donors (Lipinski definition) is 0. The highest BCUT2D eigenvalue weighted by atomic mass is 32.2. The maximum atomic E-state index is 11.9. The molecule has 0 amide bonds. The Morgan fingerprint density at radius 1 is 1.20 bits per heavy atom. The van der Waals surface area contributed by atoms with Crippen LogP contribution in [-0.2, 0) is 10.1 Å². The van der Waals surface area contributed by atoms with E-state index in [1.165, 1.54) is 30.3 Å². The van der Waals surface area contributed by atoms with Gasteiger partial charge in [0.1, 0.15) is 5.75 Å². The summed E-state index contributed by atoms with van der Waals surface area (Å²) >= 11 is 1.54. The molecule has 1 aromatic heterocycles. The van der Waals surface area contributed by atoms with Gasteiger partial charge in [0.25, 0.3) is 0 Å². The third kappa shape index (κ3) is 4.32. The first-order chi connectivity index (χ1) is 9.44. The van der Waals surface area contributed by atoms with E-state index in [0.29, 0.717) is 5.56 Å². The van der Waals surface area contributed by atoms with Crippen molar-refractivity contribution < 1.29 is 17.4 Å². The summed E-state index contributed by atoms with van der Waals surface area (Å²) in [6.07, 6.45) is 4.20. The van der Waals surface area contributed by atoms with Crippen molar-refractivity contribution in [1.29, 1.82) is 0 Å². The molecule has 0 aliphatic rings. The number of ketones is 1. The summed E-state index contributed by atoms with van der Waals surface area (Å²) in [6, 6.07) is 9.79. The first-order valence-electron chi connectivity index (χ1n) is 5.69. The lowest BCUT2D eigenvalue weighted by atomic mass is 10.1. The van der Waals surface area contributed by atoms with Gasteiger partial charge in [-0.05, 0) is 47.9 Å². The molecule has 6 heteroatoms. The zero-order valence-electron chi connectivity index (χ0n) is 10.6. The van der Waals surface area contributed by atoms with Crippen molar-refractivity contribution in [3.05, 3.63) is 58.3 Å². The fraction of sp³-hybridized carbons (Fsp3) is 0.0714. The van der Waals surface area contributed by atoms with Crippen LogP contribution in [0.2, 0.25) is 0 Å². The normalized spacial score (nSPS) is 11.7. The second kappa shape index (κ2) is 6.02. The van der Waals surface area contributed by atoms with Gasteiger partial charge in [0, 0.05) is 10.4 Å². The van der Waals surface area contributed by atoms with Crippen LogP contribution in [0.1, 0.15) is 15.2 Å². The van der Waals surface area contributed by atoms with Crippen LogP contribution in [0.3, 0.4) is 0 Å². The minimum Gasteiger partial charge on any atom is -0.383 e. The first kappa shape index (κ1) is 14.5. The molecule has 0 spiro atoms. The predicted octanol–water partition coefficient (Wildman–Crippen LogP) is 2.98. The van der Waals surface area contributed by atoms with Gasteiger partial charge >= 0.3 is 10.1 Å². The van der Waals surface area contributed by atoms with E-state index in [-0.39, 0.29) is 11.5 Å². The monoisotopic (exact) mass is 308 g/mol. The molecule has 0 saturated carbocycles. The van der Waals surface area contributed by atoms with Crippen molar-refractivity contribution in [3.63, 3.8) is 0 Å². The van der Waals surface area contributed by atoms with Crippen molar-refractivity contribution >= 4 is 33.3 Å². The van der Waals surface area contributed by atoms with Crippen LogP contribution in [0.25, 0.3) is 6.08 Å². The SMILES string of the molecule is CS(=O)(=O)Oc1ccc(C(=O)/C=C\c2cccs2)cc1. The summed E-state index contributed by atoms with van der Waals surface area (Å²) < 4.78 is 26.6. The summed E-state index contributed by atoms with van der Waals surface area (Å²) in [5, 5.41) is 1.93. The Kier molecular flexibility index (Phi) is 4.36. The Labute approximate surface area is 121 Å². The number of benzene rings is 1. The molecule has 0 saturated heterocycles. The summed E-state index contributed by atoms with van der Waals surface area (Å²) in [5.41, 5.74) is 0.471. The lowest BCUT2D eigenvalue weighted by molar-refractivity contribution is 0.104. The van der Waals surface area contributed by atoms with Crippen LogP contribution in [0, 0.1) is 0 Å². The second-order valence-electron chi connectivity index (χ2n) is 4.02. The Morgan fingerprint density at radius 3 is 2.45 bits per heavy atom. The minimum absolute atomic E-state index is 0.149. The Bertz CT molecular complexity index is 711. The van der Waals surface area contributed by atoms with Crippen LogP contribution < -0.4 is 4.18 Å². The van der Waals surface area contributed by atoms with Gasteiger partial charge in [0.2, 0.25) is 0 Å². The molecule has 20 heavy (non-hydrogen) atoms. The quantitative estimate of drug-likeness (QED) is 0.484. The maximum Gasteiger partial charge on any atom is 0.306 e. The van der Waals surface area contributed by atoms with Crippen LogP contribution in [-0.4, -0.2) is 20.5 Å². The van der Waals surface area contributed by atoms with Crippen LogP contribution in [0.5, 0.6) is 5.75 Å². The number of rotatable bonds is 5. The number of allylic oxidation sites excluding steroid dienone is 1. The molecule has 0 bridgehead atoms. The van der Waals surface area contributed by atoms with E-state index in [1.807, 2.05) is 17.5 Å². The van der Waals surface area contributed by atoms with Crippen molar-refractivity contribution in [3.8, 4) is 5.75 Å². The van der Waals surface area contributed by atoms with E-state index < -0.39 is 10.1 Å². The molecule has 0 unspecified atom stereocenters. The van der Waals surface area contributed by atoms with Crippen LogP contribution in [0.4, 0.5) is 0 Å². The molecule has 104 valence electrons. The number of hydrogen-bond acceptors (Lipinski definition) is 5. The third-order valence-corrected chi connectivity index (χ3v) is 3.66. The van der Waals surface area contributed by atoms with Crippen molar-refractivity contribution in [2.45, 2.75) is 0 Å². The Balaban J connectivity index is 2.08. The summed E-state index contributed by atoms with van der Waals surface area (Å²) in [5.74, 6) is 0.0376. The summed E-state index contributed by atoms with van der Waals surface area (Å²) in [4.78, 5) is 12.9.